The summed E-state index contributed by atoms with van der Waals surface area (Å²) in [5, 5.41) is 6.50. The van der Waals surface area contributed by atoms with Crippen molar-refractivity contribution in [1.29, 1.82) is 0 Å². The largest absolute Gasteiger partial charge is 0.353 e. The zero-order chi connectivity index (χ0) is 10.2. The minimum Gasteiger partial charge on any atom is -0.353 e. The first-order valence-electron chi connectivity index (χ1n) is 5.67. The number of amides is 1. The predicted molar refractivity (Wildman–Crippen MR) is 56.0 cm³/mol. The third kappa shape index (κ3) is 1.78. The van der Waals surface area contributed by atoms with Crippen molar-refractivity contribution in [3.63, 3.8) is 0 Å². The molecule has 1 atom stereocenters. The van der Waals surface area contributed by atoms with Gasteiger partial charge in [-0.1, -0.05) is 6.92 Å². The van der Waals surface area contributed by atoms with E-state index in [0.717, 1.165) is 12.5 Å². The van der Waals surface area contributed by atoms with Crippen LogP contribution in [-0.2, 0) is 4.79 Å². The highest BCUT2D eigenvalue weighted by molar-refractivity contribution is 5.82. The zero-order valence-electron chi connectivity index (χ0n) is 9.10. The Hall–Kier alpha value is -0.570. The van der Waals surface area contributed by atoms with Crippen LogP contribution >= 0.6 is 0 Å². The van der Waals surface area contributed by atoms with Crippen molar-refractivity contribution in [3.05, 3.63) is 0 Å². The van der Waals surface area contributed by atoms with Gasteiger partial charge >= 0.3 is 0 Å². The number of piperazine rings is 1. The fourth-order valence-corrected chi connectivity index (χ4v) is 2.62. The lowest BCUT2D eigenvalue weighted by molar-refractivity contribution is -0.126. The van der Waals surface area contributed by atoms with E-state index in [0.29, 0.717) is 0 Å². The van der Waals surface area contributed by atoms with Gasteiger partial charge in [-0.25, -0.2) is 0 Å². The molecule has 0 aromatic carbocycles. The molecule has 3 heteroatoms. The van der Waals surface area contributed by atoms with Gasteiger partial charge in [-0.3, -0.25) is 10.1 Å². The topological polar surface area (TPSA) is 41.1 Å². The Morgan fingerprint density at radius 1 is 1.29 bits per heavy atom. The number of hydrogen-bond donors (Lipinski definition) is 2. The summed E-state index contributed by atoms with van der Waals surface area (Å²) in [4.78, 5) is 11.3. The maximum absolute atomic E-state index is 11.3. The Balaban J connectivity index is 2.00. The molecule has 0 bridgehead atoms. The number of carbonyl (C=O) groups excluding carboxylic acids is 1. The van der Waals surface area contributed by atoms with Crippen LogP contribution in [-0.4, -0.2) is 24.0 Å². The number of carbonyl (C=O) groups is 1. The Morgan fingerprint density at radius 3 is 2.50 bits per heavy atom. The molecule has 2 rings (SSSR count). The van der Waals surface area contributed by atoms with E-state index >= 15 is 0 Å². The van der Waals surface area contributed by atoms with Gasteiger partial charge in [0, 0.05) is 12.1 Å². The second-order valence-electron chi connectivity index (χ2n) is 5.05. The first kappa shape index (κ1) is 9.97. The maximum atomic E-state index is 11.3. The summed E-state index contributed by atoms with van der Waals surface area (Å²) in [6.45, 7) is 5.09. The molecule has 1 saturated heterocycles. The van der Waals surface area contributed by atoms with Gasteiger partial charge in [0.05, 0.1) is 6.04 Å². The first-order valence-corrected chi connectivity index (χ1v) is 5.67. The van der Waals surface area contributed by atoms with Crippen LogP contribution in [0.5, 0.6) is 0 Å². The molecule has 3 nitrogen and oxygen atoms in total. The molecule has 80 valence electrons. The zero-order valence-corrected chi connectivity index (χ0v) is 9.10. The predicted octanol–water partition coefficient (Wildman–Crippen LogP) is 1.04. The van der Waals surface area contributed by atoms with Crippen molar-refractivity contribution in [2.45, 2.75) is 51.1 Å². The molecular weight excluding hydrogens is 176 g/mol. The molecule has 1 amide bonds. The van der Waals surface area contributed by atoms with Gasteiger partial charge in [0.15, 0.2) is 0 Å². The molecule has 2 aliphatic rings. The van der Waals surface area contributed by atoms with Crippen LogP contribution in [0.25, 0.3) is 0 Å². The van der Waals surface area contributed by atoms with Crippen molar-refractivity contribution >= 4 is 5.91 Å². The molecule has 2 N–H and O–H groups in total. The molecule has 1 spiro atoms. The molecule has 1 heterocycles. The van der Waals surface area contributed by atoms with Crippen LogP contribution in [0.1, 0.15) is 39.5 Å². The minimum absolute atomic E-state index is 0.0165. The Labute approximate surface area is 85.6 Å². The number of hydrogen-bond acceptors (Lipinski definition) is 2. The monoisotopic (exact) mass is 196 g/mol. The molecule has 1 aliphatic heterocycles. The summed E-state index contributed by atoms with van der Waals surface area (Å²) >= 11 is 0. The summed E-state index contributed by atoms with van der Waals surface area (Å²) in [6, 6.07) is -0.0165. The standard InChI is InChI=1S/C11H20N2O/c1-8-3-5-11(6-4-8)7-12-10(14)9(2)13-11/h8-9,13H,3-7H2,1-2H3,(H,12,14). The van der Waals surface area contributed by atoms with Crippen LogP contribution in [0.3, 0.4) is 0 Å². The fraction of sp³-hybridized carbons (Fsp3) is 0.909. The first-order chi connectivity index (χ1) is 6.61. The van der Waals surface area contributed by atoms with Crippen LogP contribution in [0, 0.1) is 5.92 Å². The molecule has 2 fully saturated rings. The van der Waals surface area contributed by atoms with E-state index in [9.17, 15) is 4.79 Å². The van der Waals surface area contributed by atoms with Crippen molar-refractivity contribution in [3.8, 4) is 0 Å². The lowest BCUT2D eigenvalue weighted by Gasteiger charge is -2.45. The van der Waals surface area contributed by atoms with Gasteiger partial charge in [0.25, 0.3) is 0 Å². The smallest absolute Gasteiger partial charge is 0.236 e. The van der Waals surface area contributed by atoms with E-state index in [1.807, 2.05) is 6.92 Å². The van der Waals surface area contributed by atoms with E-state index in [-0.39, 0.29) is 17.5 Å². The molecule has 14 heavy (non-hydrogen) atoms. The molecule has 1 aliphatic carbocycles. The van der Waals surface area contributed by atoms with Gasteiger partial charge < -0.3 is 5.32 Å². The highest BCUT2D eigenvalue weighted by Crippen LogP contribution is 2.32. The lowest BCUT2D eigenvalue weighted by Crippen LogP contribution is -2.66. The Kier molecular flexibility index (Phi) is 2.52. The van der Waals surface area contributed by atoms with Crippen molar-refractivity contribution in [2.75, 3.05) is 6.54 Å². The summed E-state index contributed by atoms with van der Waals surface area (Å²) in [6.07, 6.45) is 4.99. The third-order valence-corrected chi connectivity index (χ3v) is 3.75. The summed E-state index contributed by atoms with van der Waals surface area (Å²) in [7, 11) is 0. The van der Waals surface area contributed by atoms with Crippen molar-refractivity contribution < 1.29 is 4.79 Å². The van der Waals surface area contributed by atoms with Gasteiger partial charge in [0.2, 0.25) is 5.91 Å². The van der Waals surface area contributed by atoms with Crippen LogP contribution in [0.2, 0.25) is 0 Å². The van der Waals surface area contributed by atoms with E-state index in [1.165, 1.54) is 25.7 Å². The van der Waals surface area contributed by atoms with Crippen molar-refractivity contribution in [1.82, 2.24) is 10.6 Å². The number of rotatable bonds is 0. The van der Waals surface area contributed by atoms with Crippen LogP contribution in [0.4, 0.5) is 0 Å². The van der Waals surface area contributed by atoms with Gasteiger partial charge in [-0.05, 0) is 38.5 Å². The van der Waals surface area contributed by atoms with E-state index in [4.69, 9.17) is 0 Å². The second kappa shape index (κ2) is 3.54. The van der Waals surface area contributed by atoms with Crippen LogP contribution in [0.15, 0.2) is 0 Å². The van der Waals surface area contributed by atoms with Gasteiger partial charge in [0.1, 0.15) is 0 Å². The normalized spacial score (nSPS) is 43.7. The van der Waals surface area contributed by atoms with E-state index in [2.05, 4.69) is 17.6 Å². The molecular formula is C11H20N2O. The van der Waals surface area contributed by atoms with Gasteiger partial charge in [-0.2, -0.15) is 0 Å². The molecule has 1 saturated carbocycles. The Morgan fingerprint density at radius 2 is 1.93 bits per heavy atom. The van der Waals surface area contributed by atoms with Crippen LogP contribution < -0.4 is 10.6 Å². The minimum atomic E-state index is -0.0165. The summed E-state index contributed by atoms with van der Waals surface area (Å²) < 4.78 is 0. The maximum Gasteiger partial charge on any atom is 0.236 e. The van der Waals surface area contributed by atoms with E-state index in [1.54, 1.807) is 0 Å². The van der Waals surface area contributed by atoms with Crippen molar-refractivity contribution in [2.24, 2.45) is 5.92 Å². The third-order valence-electron chi connectivity index (χ3n) is 3.75. The summed E-state index contributed by atoms with van der Waals surface area (Å²) in [5.41, 5.74) is 0.208. The molecule has 0 aromatic rings. The number of nitrogens with one attached hydrogen (secondary N) is 2. The summed E-state index contributed by atoms with van der Waals surface area (Å²) in [5.74, 6) is 1.00. The fourth-order valence-electron chi connectivity index (χ4n) is 2.62. The lowest BCUT2D eigenvalue weighted by atomic mass is 9.76. The Bertz CT molecular complexity index is 231. The van der Waals surface area contributed by atoms with E-state index < -0.39 is 0 Å². The second-order valence-corrected chi connectivity index (χ2v) is 5.05. The quantitative estimate of drug-likeness (QED) is 0.608. The molecule has 0 aromatic heterocycles. The highest BCUT2D eigenvalue weighted by atomic mass is 16.2. The average molecular weight is 196 g/mol. The molecule has 1 unspecified atom stereocenters. The average Bonchev–Trinajstić information content (AvgIpc) is 2.18. The molecule has 0 radical (unpaired) electrons. The SMILES string of the molecule is CC1CCC2(CC1)CNC(=O)C(C)N2. The highest BCUT2D eigenvalue weighted by Gasteiger charge is 2.39. The van der Waals surface area contributed by atoms with Gasteiger partial charge in [-0.15, -0.1) is 0 Å².